The van der Waals surface area contributed by atoms with E-state index in [1.807, 2.05) is 6.92 Å². The SMILES string of the molecule is C=CCO[C@@H]1C=C(C(=O)OC)C[C@H](C#N)[C@H]1C. The van der Waals surface area contributed by atoms with E-state index in [1.54, 1.807) is 12.2 Å². The molecule has 0 saturated heterocycles. The second-order valence-corrected chi connectivity index (χ2v) is 4.07. The molecule has 4 heteroatoms. The van der Waals surface area contributed by atoms with Crippen LogP contribution in [0, 0.1) is 23.2 Å². The Labute approximate surface area is 102 Å². The minimum Gasteiger partial charge on any atom is -0.466 e. The van der Waals surface area contributed by atoms with Gasteiger partial charge in [-0.1, -0.05) is 13.0 Å². The van der Waals surface area contributed by atoms with Crippen LogP contribution in [0.5, 0.6) is 0 Å². The predicted octanol–water partition coefficient (Wildman–Crippen LogP) is 1.84. The first-order valence-corrected chi connectivity index (χ1v) is 5.55. The average Bonchev–Trinajstić information content (AvgIpc) is 2.36. The fourth-order valence-corrected chi connectivity index (χ4v) is 1.89. The predicted molar refractivity (Wildman–Crippen MR) is 62.9 cm³/mol. The standard InChI is InChI=1S/C13H17NO3/c1-4-5-17-12-7-10(13(15)16-3)6-11(8-14)9(12)2/h4,7,9,11-12H,1,5-6H2,2-3H3/t9-,11-,12-/m1/s1. The maximum atomic E-state index is 11.5. The summed E-state index contributed by atoms with van der Waals surface area (Å²) in [6, 6.07) is 2.21. The van der Waals surface area contributed by atoms with Crippen LogP contribution in [-0.4, -0.2) is 25.8 Å². The number of ether oxygens (including phenoxy) is 2. The van der Waals surface area contributed by atoms with Crippen molar-refractivity contribution >= 4 is 5.97 Å². The molecule has 4 nitrogen and oxygen atoms in total. The van der Waals surface area contributed by atoms with Crippen molar-refractivity contribution < 1.29 is 14.3 Å². The zero-order valence-electron chi connectivity index (χ0n) is 10.2. The van der Waals surface area contributed by atoms with Crippen LogP contribution < -0.4 is 0 Å². The van der Waals surface area contributed by atoms with Gasteiger partial charge in [0.1, 0.15) is 0 Å². The van der Waals surface area contributed by atoms with E-state index >= 15 is 0 Å². The highest BCUT2D eigenvalue weighted by molar-refractivity contribution is 5.88. The van der Waals surface area contributed by atoms with Gasteiger partial charge in [-0.15, -0.1) is 6.58 Å². The van der Waals surface area contributed by atoms with Crippen molar-refractivity contribution in [1.82, 2.24) is 0 Å². The number of methoxy groups -OCH3 is 1. The largest absolute Gasteiger partial charge is 0.466 e. The molecule has 17 heavy (non-hydrogen) atoms. The molecular weight excluding hydrogens is 218 g/mol. The van der Waals surface area contributed by atoms with Crippen molar-refractivity contribution in [2.45, 2.75) is 19.4 Å². The monoisotopic (exact) mass is 235 g/mol. The minimum atomic E-state index is -0.385. The minimum absolute atomic E-state index is 0.0633. The van der Waals surface area contributed by atoms with Crippen LogP contribution in [0.3, 0.4) is 0 Å². The molecule has 0 aromatic rings. The maximum absolute atomic E-state index is 11.5. The molecule has 0 bridgehead atoms. The van der Waals surface area contributed by atoms with E-state index in [4.69, 9.17) is 10.00 Å². The molecule has 3 atom stereocenters. The van der Waals surface area contributed by atoms with E-state index in [1.165, 1.54) is 7.11 Å². The van der Waals surface area contributed by atoms with Gasteiger partial charge in [-0.05, 0) is 12.5 Å². The topological polar surface area (TPSA) is 59.3 Å². The fraction of sp³-hybridized carbons (Fsp3) is 0.538. The van der Waals surface area contributed by atoms with Crippen molar-refractivity contribution in [1.29, 1.82) is 5.26 Å². The van der Waals surface area contributed by atoms with Crippen LogP contribution in [0.15, 0.2) is 24.3 Å². The molecule has 0 spiro atoms. The number of carbonyl (C=O) groups excluding carboxylic acids is 1. The van der Waals surface area contributed by atoms with Gasteiger partial charge in [0.05, 0.1) is 31.8 Å². The van der Waals surface area contributed by atoms with E-state index in [-0.39, 0.29) is 23.9 Å². The van der Waals surface area contributed by atoms with Gasteiger partial charge in [0.2, 0.25) is 0 Å². The number of carbonyl (C=O) groups is 1. The van der Waals surface area contributed by atoms with Gasteiger partial charge in [-0.2, -0.15) is 5.26 Å². The third-order valence-corrected chi connectivity index (χ3v) is 2.98. The Morgan fingerprint density at radius 2 is 2.47 bits per heavy atom. The Balaban J connectivity index is 2.88. The summed E-state index contributed by atoms with van der Waals surface area (Å²) < 4.78 is 10.2. The molecular formula is C13H17NO3. The Morgan fingerprint density at radius 1 is 1.76 bits per heavy atom. The summed E-state index contributed by atoms with van der Waals surface area (Å²) in [6.07, 6.45) is 3.60. The van der Waals surface area contributed by atoms with Gasteiger partial charge < -0.3 is 9.47 Å². The van der Waals surface area contributed by atoms with E-state index in [2.05, 4.69) is 17.4 Å². The van der Waals surface area contributed by atoms with Gasteiger partial charge in [-0.25, -0.2) is 4.79 Å². The molecule has 1 aliphatic carbocycles. The van der Waals surface area contributed by atoms with Crippen LogP contribution >= 0.6 is 0 Å². The zero-order chi connectivity index (χ0) is 12.8. The summed E-state index contributed by atoms with van der Waals surface area (Å²) in [4.78, 5) is 11.5. The molecule has 0 amide bonds. The Morgan fingerprint density at radius 3 is 3.00 bits per heavy atom. The molecule has 1 rings (SSSR count). The lowest BCUT2D eigenvalue weighted by Gasteiger charge is -2.30. The third-order valence-electron chi connectivity index (χ3n) is 2.98. The molecule has 0 unspecified atom stereocenters. The highest BCUT2D eigenvalue weighted by Crippen LogP contribution is 2.31. The highest BCUT2D eigenvalue weighted by atomic mass is 16.5. The molecule has 92 valence electrons. The summed E-state index contributed by atoms with van der Waals surface area (Å²) in [5, 5.41) is 9.07. The summed E-state index contributed by atoms with van der Waals surface area (Å²) in [5.74, 6) is -0.540. The van der Waals surface area contributed by atoms with Gasteiger partial charge in [0.25, 0.3) is 0 Å². The van der Waals surface area contributed by atoms with E-state index in [0.29, 0.717) is 18.6 Å². The Bertz CT molecular complexity index is 367. The van der Waals surface area contributed by atoms with Gasteiger partial charge in [-0.3, -0.25) is 0 Å². The molecule has 0 N–H and O–H groups in total. The van der Waals surface area contributed by atoms with Crippen molar-refractivity contribution in [2.24, 2.45) is 11.8 Å². The first-order chi connectivity index (χ1) is 8.13. The molecule has 1 aliphatic rings. The summed E-state index contributed by atoms with van der Waals surface area (Å²) in [7, 11) is 1.34. The number of nitriles is 1. The second-order valence-electron chi connectivity index (χ2n) is 4.07. The smallest absolute Gasteiger partial charge is 0.333 e. The van der Waals surface area contributed by atoms with E-state index in [0.717, 1.165) is 0 Å². The van der Waals surface area contributed by atoms with Gasteiger partial charge in [0.15, 0.2) is 0 Å². The van der Waals surface area contributed by atoms with Crippen LogP contribution in [0.4, 0.5) is 0 Å². The molecule has 0 aromatic carbocycles. The number of nitrogens with zero attached hydrogens (tertiary/aromatic N) is 1. The van der Waals surface area contributed by atoms with E-state index < -0.39 is 0 Å². The lowest BCUT2D eigenvalue weighted by atomic mass is 9.79. The quantitative estimate of drug-likeness (QED) is 0.551. The van der Waals surface area contributed by atoms with Crippen LogP contribution in [0.2, 0.25) is 0 Å². The van der Waals surface area contributed by atoms with Crippen molar-refractivity contribution in [3.8, 4) is 6.07 Å². The molecule has 0 radical (unpaired) electrons. The normalized spacial score (nSPS) is 27.8. The zero-order valence-corrected chi connectivity index (χ0v) is 10.2. The number of esters is 1. The van der Waals surface area contributed by atoms with Crippen molar-refractivity contribution in [3.63, 3.8) is 0 Å². The molecule has 0 aliphatic heterocycles. The van der Waals surface area contributed by atoms with Crippen molar-refractivity contribution in [2.75, 3.05) is 13.7 Å². The van der Waals surface area contributed by atoms with Crippen LogP contribution in [-0.2, 0) is 14.3 Å². The van der Waals surface area contributed by atoms with Gasteiger partial charge >= 0.3 is 5.97 Å². The molecule has 0 saturated carbocycles. The molecule has 0 aromatic heterocycles. The lowest BCUT2D eigenvalue weighted by Crippen LogP contribution is -2.32. The molecule has 0 heterocycles. The highest BCUT2D eigenvalue weighted by Gasteiger charge is 2.33. The van der Waals surface area contributed by atoms with E-state index in [9.17, 15) is 4.79 Å². The van der Waals surface area contributed by atoms with Crippen LogP contribution in [0.1, 0.15) is 13.3 Å². The molecule has 0 fully saturated rings. The number of hydrogen-bond donors (Lipinski definition) is 0. The lowest BCUT2D eigenvalue weighted by molar-refractivity contribution is -0.136. The number of hydrogen-bond acceptors (Lipinski definition) is 4. The summed E-state index contributed by atoms with van der Waals surface area (Å²) in [5.41, 5.74) is 0.520. The first-order valence-electron chi connectivity index (χ1n) is 5.55. The third kappa shape index (κ3) is 3.18. The number of rotatable bonds is 4. The Hall–Kier alpha value is -1.60. The summed E-state index contributed by atoms with van der Waals surface area (Å²) >= 11 is 0. The maximum Gasteiger partial charge on any atom is 0.333 e. The average molecular weight is 235 g/mol. The van der Waals surface area contributed by atoms with Crippen LogP contribution in [0.25, 0.3) is 0 Å². The van der Waals surface area contributed by atoms with Crippen molar-refractivity contribution in [3.05, 3.63) is 24.3 Å². The first kappa shape index (κ1) is 13.5. The fourth-order valence-electron chi connectivity index (χ4n) is 1.89. The summed E-state index contributed by atoms with van der Waals surface area (Å²) in [6.45, 7) is 5.93. The second kappa shape index (κ2) is 6.21. The Kier molecular flexibility index (Phi) is 4.92. The van der Waals surface area contributed by atoms with Gasteiger partial charge in [0, 0.05) is 11.5 Å².